The topological polar surface area (TPSA) is 61.3 Å². The molecule has 1 aromatic carbocycles. The number of hydrogen-bond acceptors (Lipinski definition) is 4. The molecule has 0 radical (unpaired) electrons. The third kappa shape index (κ3) is 2.14. The van der Waals surface area contributed by atoms with Gasteiger partial charge in [0.25, 0.3) is 0 Å². The Balaban J connectivity index is 2.29. The second kappa shape index (κ2) is 5.37. The maximum Gasteiger partial charge on any atom is 0.230 e. The summed E-state index contributed by atoms with van der Waals surface area (Å²) in [6, 6.07) is 2.02. The van der Waals surface area contributed by atoms with E-state index < -0.39 is 0 Å². The zero-order valence-electron chi connectivity index (χ0n) is 11.4. The van der Waals surface area contributed by atoms with Crippen LogP contribution in [-0.4, -0.2) is 12.3 Å². The molecule has 0 saturated carbocycles. The molecule has 0 aliphatic heterocycles. The molecule has 5 heteroatoms. The van der Waals surface area contributed by atoms with Crippen molar-refractivity contribution in [1.82, 2.24) is 5.16 Å². The quantitative estimate of drug-likeness (QED) is 0.854. The maximum atomic E-state index is 6.37. The number of benzene rings is 1. The van der Waals surface area contributed by atoms with Gasteiger partial charge in [0.1, 0.15) is 5.75 Å². The molecule has 2 aromatic rings. The van der Waals surface area contributed by atoms with Gasteiger partial charge in [0, 0.05) is 5.56 Å². The fraction of sp³-hybridized carbons (Fsp3) is 0.400. The highest BCUT2D eigenvalue weighted by Gasteiger charge is 2.23. The van der Waals surface area contributed by atoms with Crippen molar-refractivity contribution in [2.75, 3.05) is 12.8 Å². The Morgan fingerprint density at radius 3 is 2.80 bits per heavy atom. The summed E-state index contributed by atoms with van der Waals surface area (Å²) in [7, 11) is 1.62. The van der Waals surface area contributed by atoms with Crippen LogP contribution in [0.15, 0.2) is 16.8 Å². The lowest BCUT2D eigenvalue weighted by Gasteiger charge is -2.17. The molecule has 0 saturated heterocycles. The van der Waals surface area contributed by atoms with Crippen LogP contribution in [0, 0.1) is 0 Å². The summed E-state index contributed by atoms with van der Waals surface area (Å²) in [6.45, 7) is 0. The van der Waals surface area contributed by atoms with Crippen molar-refractivity contribution in [2.24, 2.45) is 0 Å². The monoisotopic (exact) mass is 292 g/mol. The highest BCUT2D eigenvalue weighted by atomic mass is 35.5. The van der Waals surface area contributed by atoms with E-state index in [1.165, 1.54) is 24.0 Å². The summed E-state index contributed by atoms with van der Waals surface area (Å²) in [6.07, 6.45) is 7.26. The van der Waals surface area contributed by atoms with E-state index >= 15 is 0 Å². The first-order chi connectivity index (χ1) is 9.72. The Morgan fingerprint density at radius 2 is 2.10 bits per heavy atom. The largest absolute Gasteiger partial charge is 0.495 e. The molecule has 1 heterocycles. The fourth-order valence-corrected chi connectivity index (χ4v) is 3.25. The average molecular weight is 293 g/mol. The van der Waals surface area contributed by atoms with E-state index in [0.717, 1.165) is 30.4 Å². The summed E-state index contributed by atoms with van der Waals surface area (Å²) < 4.78 is 10.5. The van der Waals surface area contributed by atoms with E-state index in [0.29, 0.717) is 16.7 Å². The average Bonchev–Trinajstić information content (AvgIpc) is 2.71. The number of hydrogen-bond donors (Lipinski definition) is 1. The molecule has 0 unspecified atom stereocenters. The number of aryl methyl sites for hydroxylation is 1. The maximum absolute atomic E-state index is 6.37. The molecule has 2 N–H and O–H groups in total. The Bertz CT molecular complexity index is 637. The summed E-state index contributed by atoms with van der Waals surface area (Å²) in [5.41, 5.74) is 10.1. The van der Waals surface area contributed by atoms with Gasteiger partial charge in [-0.2, -0.15) is 0 Å². The highest BCUT2D eigenvalue weighted by molar-refractivity contribution is 6.32. The lowest BCUT2D eigenvalue weighted by atomic mass is 9.92. The van der Waals surface area contributed by atoms with E-state index in [4.69, 9.17) is 26.6 Å². The first-order valence-electron chi connectivity index (χ1n) is 6.81. The van der Waals surface area contributed by atoms with Crippen molar-refractivity contribution in [1.29, 1.82) is 0 Å². The number of anilines is 1. The molecule has 0 fully saturated rings. The molecular weight excluding hydrogens is 276 g/mol. The normalized spacial score (nSPS) is 14.7. The number of methoxy groups -OCH3 is 1. The number of nitrogens with two attached hydrogens (primary N) is 1. The van der Waals surface area contributed by atoms with Gasteiger partial charge in [-0.15, -0.1) is 0 Å². The van der Waals surface area contributed by atoms with Crippen LogP contribution in [0.25, 0.3) is 11.1 Å². The van der Waals surface area contributed by atoms with Crippen molar-refractivity contribution in [2.45, 2.75) is 32.1 Å². The van der Waals surface area contributed by atoms with Crippen LogP contribution in [0.5, 0.6) is 5.75 Å². The predicted octanol–water partition coefficient (Wildman–Crippen LogP) is 3.85. The SMILES string of the molecule is COc1c(Cl)cc2c(c1-c1cnoc1N)CCCCC2. The Kier molecular flexibility index (Phi) is 3.57. The molecule has 1 aliphatic rings. The molecule has 3 rings (SSSR count). The van der Waals surface area contributed by atoms with Gasteiger partial charge in [0.2, 0.25) is 5.88 Å². The molecule has 0 spiro atoms. The summed E-state index contributed by atoms with van der Waals surface area (Å²) >= 11 is 6.37. The van der Waals surface area contributed by atoms with Gasteiger partial charge in [0.15, 0.2) is 0 Å². The molecule has 0 amide bonds. The van der Waals surface area contributed by atoms with E-state index in [9.17, 15) is 0 Å². The second-order valence-electron chi connectivity index (χ2n) is 5.07. The van der Waals surface area contributed by atoms with Gasteiger partial charge in [-0.3, -0.25) is 0 Å². The van der Waals surface area contributed by atoms with Crippen LogP contribution < -0.4 is 10.5 Å². The van der Waals surface area contributed by atoms with Gasteiger partial charge >= 0.3 is 0 Å². The highest BCUT2D eigenvalue weighted by Crippen LogP contribution is 2.44. The van der Waals surface area contributed by atoms with Crippen molar-refractivity contribution in [3.63, 3.8) is 0 Å². The summed E-state index contributed by atoms with van der Waals surface area (Å²) in [5.74, 6) is 0.958. The molecule has 4 nitrogen and oxygen atoms in total. The molecule has 106 valence electrons. The third-order valence-electron chi connectivity index (χ3n) is 3.88. The molecular formula is C15H17ClN2O2. The number of aromatic nitrogens is 1. The predicted molar refractivity (Wildman–Crippen MR) is 79.2 cm³/mol. The Labute approximate surface area is 122 Å². The summed E-state index contributed by atoms with van der Waals surface area (Å²) in [5, 5.41) is 4.39. The lowest BCUT2D eigenvalue weighted by Crippen LogP contribution is -2.00. The number of halogens is 1. The molecule has 0 bridgehead atoms. The van der Waals surface area contributed by atoms with Gasteiger partial charge in [-0.05, 0) is 42.9 Å². The molecule has 0 atom stereocenters. The molecule has 1 aromatic heterocycles. The first kappa shape index (κ1) is 13.3. The van der Waals surface area contributed by atoms with Crippen LogP contribution in [0.3, 0.4) is 0 Å². The van der Waals surface area contributed by atoms with Gasteiger partial charge in [-0.25, -0.2) is 0 Å². The minimum atomic E-state index is 0.303. The Hall–Kier alpha value is -1.68. The minimum Gasteiger partial charge on any atom is -0.495 e. The van der Waals surface area contributed by atoms with Crippen LogP contribution in [-0.2, 0) is 12.8 Å². The van der Waals surface area contributed by atoms with Gasteiger partial charge in [-0.1, -0.05) is 23.2 Å². The van der Waals surface area contributed by atoms with Crippen molar-refractivity contribution in [3.8, 4) is 16.9 Å². The minimum absolute atomic E-state index is 0.303. The van der Waals surface area contributed by atoms with E-state index in [-0.39, 0.29) is 0 Å². The number of nitrogen functional groups attached to an aromatic ring is 1. The second-order valence-corrected chi connectivity index (χ2v) is 5.48. The molecule has 20 heavy (non-hydrogen) atoms. The van der Waals surface area contributed by atoms with Crippen molar-refractivity contribution >= 4 is 17.5 Å². The van der Waals surface area contributed by atoms with E-state index in [2.05, 4.69) is 5.16 Å². The fourth-order valence-electron chi connectivity index (χ4n) is 2.95. The Morgan fingerprint density at radius 1 is 1.30 bits per heavy atom. The lowest BCUT2D eigenvalue weighted by molar-refractivity contribution is 0.416. The van der Waals surface area contributed by atoms with E-state index in [1.807, 2.05) is 6.07 Å². The zero-order chi connectivity index (χ0) is 14.1. The van der Waals surface area contributed by atoms with Crippen LogP contribution in [0.2, 0.25) is 5.02 Å². The zero-order valence-corrected chi connectivity index (χ0v) is 12.2. The third-order valence-corrected chi connectivity index (χ3v) is 4.16. The molecule has 1 aliphatic carbocycles. The van der Waals surface area contributed by atoms with Crippen molar-refractivity contribution in [3.05, 3.63) is 28.4 Å². The number of nitrogens with zero attached hydrogens (tertiary/aromatic N) is 1. The van der Waals surface area contributed by atoms with Gasteiger partial charge < -0.3 is 15.0 Å². The smallest absolute Gasteiger partial charge is 0.230 e. The number of ether oxygens (including phenoxy) is 1. The first-order valence-corrected chi connectivity index (χ1v) is 7.19. The van der Waals surface area contributed by atoms with Gasteiger partial charge in [0.05, 0.1) is 23.9 Å². The summed E-state index contributed by atoms with van der Waals surface area (Å²) in [4.78, 5) is 0. The standard InChI is InChI=1S/C15H17ClN2O2/c1-19-14-12(16)7-9-5-3-2-4-6-10(9)13(14)11-8-18-20-15(11)17/h7-8H,2-6,17H2,1H3. The van der Waals surface area contributed by atoms with Crippen LogP contribution in [0.1, 0.15) is 30.4 Å². The van der Waals surface area contributed by atoms with Crippen molar-refractivity contribution < 1.29 is 9.26 Å². The number of rotatable bonds is 2. The number of fused-ring (bicyclic) bond motifs is 1. The van der Waals surface area contributed by atoms with E-state index in [1.54, 1.807) is 13.3 Å². The van der Waals surface area contributed by atoms with Crippen LogP contribution in [0.4, 0.5) is 5.88 Å². The van der Waals surface area contributed by atoms with Crippen LogP contribution >= 0.6 is 11.6 Å².